The SMILES string of the molecule is Cc1cc(Br)cc(NCCCCCC(=O)O)c1. The van der Waals surface area contributed by atoms with E-state index < -0.39 is 5.97 Å². The van der Waals surface area contributed by atoms with Crippen LogP contribution in [0.25, 0.3) is 0 Å². The Hall–Kier alpha value is -1.03. The quantitative estimate of drug-likeness (QED) is 0.753. The van der Waals surface area contributed by atoms with E-state index in [1.54, 1.807) is 0 Å². The van der Waals surface area contributed by atoms with Gasteiger partial charge in [-0.05, 0) is 43.5 Å². The predicted molar refractivity (Wildman–Crippen MR) is 73.5 cm³/mol. The van der Waals surface area contributed by atoms with Crippen molar-refractivity contribution in [3.05, 3.63) is 28.2 Å². The molecule has 0 aliphatic rings. The van der Waals surface area contributed by atoms with Crippen molar-refractivity contribution in [2.24, 2.45) is 0 Å². The number of unbranched alkanes of at least 4 members (excludes halogenated alkanes) is 2. The lowest BCUT2D eigenvalue weighted by Gasteiger charge is -2.07. The van der Waals surface area contributed by atoms with Gasteiger partial charge in [0, 0.05) is 23.1 Å². The van der Waals surface area contributed by atoms with Crippen molar-refractivity contribution in [2.45, 2.75) is 32.6 Å². The van der Waals surface area contributed by atoms with Gasteiger partial charge in [0.15, 0.2) is 0 Å². The standard InChI is InChI=1S/C13H18BrNO2/c1-10-7-11(14)9-12(8-10)15-6-4-2-3-5-13(16)17/h7-9,15H,2-6H2,1H3,(H,16,17). The van der Waals surface area contributed by atoms with E-state index in [2.05, 4.69) is 40.3 Å². The minimum absolute atomic E-state index is 0.274. The summed E-state index contributed by atoms with van der Waals surface area (Å²) in [7, 11) is 0. The van der Waals surface area contributed by atoms with Gasteiger partial charge in [-0.2, -0.15) is 0 Å². The second kappa shape index (κ2) is 7.33. The van der Waals surface area contributed by atoms with Crippen molar-refractivity contribution in [2.75, 3.05) is 11.9 Å². The summed E-state index contributed by atoms with van der Waals surface area (Å²) in [5.74, 6) is -0.708. The van der Waals surface area contributed by atoms with Crippen molar-refractivity contribution < 1.29 is 9.90 Å². The van der Waals surface area contributed by atoms with Crippen LogP contribution in [-0.4, -0.2) is 17.6 Å². The van der Waals surface area contributed by atoms with E-state index in [-0.39, 0.29) is 6.42 Å². The largest absolute Gasteiger partial charge is 0.481 e. The molecule has 0 fully saturated rings. The summed E-state index contributed by atoms with van der Waals surface area (Å²) in [5.41, 5.74) is 2.32. The molecule has 3 nitrogen and oxygen atoms in total. The molecule has 0 radical (unpaired) electrons. The fraction of sp³-hybridized carbons (Fsp3) is 0.462. The van der Waals surface area contributed by atoms with Gasteiger partial charge in [0.1, 0.15) is 0 Å². The number of aliphatic carboxylic acids is 1. The lowest BCUT2D eigenvalue weighted by molar-refractivity contribution is -0.137. The van der Waals surface area contributed by atoms with Gasteiger partial charge in [-0.15, -0.1) is 0 Å². The maximum Gasteiger partial charge on any atom is 0.303 e. The van der Waals surface area contributed by atoms with Crippen molar-refractivity contribution in [3.8, 4) is 0 Å². The smallest absolute Gasteiger partial charge is 0.303 e. The van der Waals surface area contributed by atoms with E-state index in [4.69, 9.17) is 5.11 Å². The summed E-state index contributed by atoms with van der Waals surface area (Å²) in [5, 5.41) is 11.8. The summed E-state index contributed by atoms with van der Waals surface area (Å²) >= 11 is 3.46. The molecule has 0 atom stereocenters. The maximum atomic E-state index is 10.3. The van der Waals surface area contributed by atoms with Crippen molar-refractivity contribution in [1.29, 1.82) is 0 Å². The minimum atomic E-state index is -0.708. The predicted octanol–water partition coefficient (Wildman–Crippen LogP) is 3.81. The molecule has 0 aromatic heterocycles. The second-order valence-corrected chi connectivity index (χ2v) is 5.06. The van der Waals surface area contributed by atoms with Crippen LogP contribution in [0.4, 0.5) is 5.69 Å². The van der Waals surface area contributed by atoms with Gasteiger partial charge in [0.2, 0.25) is 0 Å². The number of rotatable bonds is 7. The van der Waals surface area contributed by atoms with Gasteiger partial charge in [-0.25, -0.2) is 0 Å². The van der Waals surface area contributed by atoms with Crippen LogP contribution in [-0.2, 0) is 4.79 Å². The summed E-state index contributed by atoms with van der Waals surface area (Å²) in [6.07, 6.45) is 2.98. The molecular weight excluding hydrogens is 282 g/mol. The molecule has 2 N–H and O–H groups in total. The highest BCUT2D eigenvalue weighted by molar-refractivity contribution is 9.10. The normalized spacial score (nSPS) is 10.2. The van der Waals surface area contributed by atoms with Crippen LogP contribution in [0.3, 0.4) is 0 Å². The Labute approximate surface area is 110 Å². The molecule has 1 aromatic rings. The number of hydrogen-bond acceptors (Lipinski definition) is 2. The number of halogens is 1. The number of carbonyl (C=O) groups is 1. The Bertz CT molecular complexity index is 359. The summed E-state index contributed by atoms with van der Waals surface area (Å²) in [6.45, 7) is 2.94. The van der Waals surface area contributed by atoms with Crippen LogP contribution >= 0.6 is 15.9 Å². The Morgan fingerprint density at radius 1 is 1.29 bits per heavy atom. The third kappa shape index (κ3) is 6.31. The lowest BCUT2D eigenvalue weighted by atomic mass is 10.2. The Morgan fingerprint density at radius 2 is 2.06 bits per heavy atom. The molecule has 0 aliphatic carbocycles. The lowest BCUT2D eigenvalue weighted by Crippen LogP contribution is -2.02. The fourth-order valence-electron chi connectivity index (χ4n) is 1.65. The van der Waals surface area contributed by atoms with Crippen molar-refractivity contribution in [3.63, 3.8) is 0 Å². The first-order valence-corrected chi connectivity index (χ1v) is 6.60. The zero-order valence-corrected chi connectivity index (χ0v) is 11.6. The minimum Gasteiger partial charge on any atom is -0.481 e. The first kappa shape index (κ1) is 14.0. The third-order valence-corrected chi connectivity index (χ3v) is 2.90. The molecule has 1 aromatic carbocycles. The molecule has 94 valence electrons. The Balaban J connectivity index is 2.20. The van der Waals surface area contributed by atoms with Gasteiger partial charge in [0.25, 0.3) is 0 Å². The van der Waals surface area contributed by atoms with Crippen LogP contribution in [0.15, 0.2) is 22.7 Å². The first-order chi connectivity index (χ1) is 8.08. The number of aryl methyl sites for hydroxylation is 1. The van der Waals surface area contributed by atoms with E-state index >= 15 is 0 Å². The Morgan fingerprint density at radius 3 is 2.71 bits per heavy atom. The average molecular weight is 300 g/mol. The maximum absolute atomic E-state index is 10.3. The van der Waals surface area contributed by atoms with E-state index in [9.17, 15) is 4.79 Å². The third-order valence-electron chi connectivity index (χ3n) is 2.44. The van der Waals surface area contributed by atoms with Crippen LogP contribution < -0.4 is 5.32 Å². The number of benzene rings is 1. The fourth-order valence-corrected chi connectivity index (χ4v) is 2.26. The molecule has 0 aliphatic heterocycles. The molecule has 0 unspecified atom stereocenters. The molecule has 0 saturated carbocycles. The van der Waals surface area contributed by atoms with Crippen LogP contribution in [0.2, 0.25) is 0 Å². The van der Waals surface area contributed by atoms with Crippen molar-refractivity contribution in [1.82, 2.24) is 0 Å². The highest BCUT2D eigenvalue weighted by Crippen LogP contribution is 2.19. The zero-order valence-electron chi connectivity index (χ0n) is 10.0. The molecule has 17 heavy (non-hydrogen) atoms. The molecule has 1 rings (SSSR count). The summed E-state index contributed by atoms with van der Waals surface area (Å²) in [4.78, 5) is 10.3. The molecular formula is C13H18BrNO2. The second-order valence-electron chi connectivity index (χ2n) is 4.15. The average Bonchev–Trinajstić information content (AvgIpc) is 2.21. The van der Waals surface area contributed by atoms with Gasteiger partial charge in [0.05, 0.1) is 0 Å². The topological polar surface area (TPSA) is 49.3 Å². The number of carboxylic acid groups (broad SMARTS) is 1. The summed E-state index contributed by atoms with van der Waals surface area (Å²) in [6, 6.07) is 6.21. The van der Waals surface area contributed by atoms with Crippen LogP contribution in [0, 0.1) is 6.92 Å². The number of anilines is 1. The van der Waals surface area contributed by atoms with Gasteiger partial charge >= 0.3 is 5.97 Å². The molecule has 0 bridgehead atoms. The molecule has 0 spiro atoms. The van der Waals surface area contributed by atoms with Crippen LogP contribution in [0.1, 0.15) is 31.2 Å². The van der Waals surface area contributed by atoms with E-state index in [0.717, 1.165) is 36.0 Å². The molecule has 0 amide bonds. The van der Waals surface area contributed by atoms with Crippen LogP contribution in [0.5, 0.6) is 0 Å². The van der Waals surface area contributed by atoms with Gasteiger partial charge < -0.3 is 10.4 Å². The molecule has 4 heteroatoms. The summed E-state index contributed by atoms with van der Waals surface area (Å²) < 4.78 is 1.07. The first-order valence-electron chi connectivity index (χ1n) is 5.81. The monoisotopic (exact) mass is 299 g/mol. The highest BCUT2D eigenvalue weighted by Gasteiger charge is 1.98. The van der Waals surface area contributed by atoms with E-state index in [1.165, 1.54) is 5.56 Å². The highest BCUT2D eigenvalue weighted by atomic mass is 79.9. The Kier molecular flexibility index (Phi) is 6.05. The van der Waals surface area contributed by atoms with Gasteiger partial charge in [-0.1, -0.05) is 22.4 Å². The van der Waals surface area contributed by atoms with Gasteiger partial charge in [-0.3, -0.25) is 4.79 Å². The van der Waals surface area contributed by atoms with E-state index in [1.807, 2.05) is 6.07 Å². The van der Waals surface area contributed by atoms with Crippen molar-refractivity contribution >= 4 is 27.6 Å². The molecule has 0 saturated heterocycles. The molecule has 0 heterocycles. The zero-order chi connectivity index (χ0) is 12.7. The van der Waals surface area contributed by atoms with E-state index in [0.29, 0.717) is 0 Å². The number of hydrogen-bond donors (Lipinski definition) is 2. The number of nitrogens with one attached hydrogen (secondary N) is 1. The number of carboxylic acids is 1.